The Kier molecular flexibility index (Phi) is 7.48. The van der Waals surface area contributed by atoms with Crippen molar-refractivity contribution >= 4 is 29.1 Å². The third-order valence-corrected chi connectivity index (χ3v) is 6.27. The van der Waals surface area contributed by atoms with Gasteiger partial charge in [-0.25, -0.2) is 8.78 Å². The van der Waals surface area contributed by atoms with Crippen molar-refractivity contribution in [3.63, 3.8) is 0 Å². The predicted molar refractivity (Wildman–Crippen MR) is 125 cm³/mol. The van der Waals surface area contributed by atoms with Gasteiger partial charge in [0.05, 0.1) is 0 Å². The summed E-state index contributed by atoms with van der Waals surface area (Å²) in [4.78, 5) is 17.0. The normalized spacial score (nSPS) is 14.4. The molecule has 3 aromatic rings. The van der Waals surface area contributed by atoms with Gasteiger partial charge in [-0.2, -0.15) is 0 Å². The molecule has 0 saturated carbocycles. The molecule has 1 aliphatic heterocycles. The molecule has 0 aliphatic carbocycles. The molecular weight excluding hydrogens is 469 g/mol. The van der Waals surface area contributed by atoms with E-state index < -0.39 is 11.6 Å². The van der Waals surface area contributed by atoms with E-state index >= 15 is 0 Å². The van der Waals surface area contributed by atoms with Crippen LogP contribution in [0.2, 0.25) is 10.0 Å². The van der Waals surface area contributed by atoms with Crippen molar-refractivity contribution in [2.24, 2.45) is 0 Å². The molecule has 0 N–H and O–H groups in total. The van der Waals surface area contributed by atoms with Crippen molar-refractivity contribution < 1.29 is 18.3 Å². The average Bonchev–Trinajstić information content (AvgIpc) is 2.81. The van der Waals surface area contributed by atoms with Crippen LogP contribution in [-0.4, -0.2) is 41.9 Å². The first kappa shape index (κ1) is 23.5. The summed E-state index contributed by atoms with van der Waals surface area (Å²) in [6, 6.07) is 15.7. The summed E-state index contributed by atoms with van der Waals surface area (Å²) in [5, 5.41) is 1.28. The Bertz CT molecular complexity index is 1130. The molecule has 1 fully saturated rings. The van der Waals surface area contributed by atoms with Crippen LogP contribution in [0.25, 0.3) is 0 Å². The molecule has 0 atom stereocenters. The molecule has 1 amide bonds. The highest BCUT2D eigenvalue weighted by Gasteiger charge is 2.23. The van der Waals surface area contributed by atoms with Gasteiger partial charge in [0.1, 0.15) is 12.4 Å². The van der Waals surface area contributed by atoms with E-state index in [2.05, 4.69) is 4.90 Å². The first-order chi connectivity index (χ1) is 15.9. The van der Waals surface area contributed by atoms with Crippen LogP contribution in [0.5, 0.6) is 5.75 Å². The van der Waals surface area contributed by atoms with Gasteiger partial charge in [0, 0.05) is 60.0 Å². The summed E-state index contributed by atoms with van der Waals surface area (Å²) >= 11 is 12.6. The minimum atomic E-state index is -0.766. The summed E-state index contributed by atoms with van der Waals surface area (Å²) in [5.74, 6) is -1.54. The fourth-order valence-corrected chi connectivity index (χ4v) is 4.26. The minimum absolute atomic E-state index is 0.0390. The second kappa shape index (κ2) is 10.5. The number of nitrogens with zero attached hydrogens (tertiary/aromatic N) is 2. The molecule has 1 heterocycles. The van der Waals surface area contributed by atoms with E-state index in [0.29, 0.717) is 48.3 Å². The van der Waals surface area contributed by atoms with Gasteiger partial charge in [-0.05, 0) is 42.0 Å². The van der Waals surface area contributed by atoms with Gasteiger partial charge < -0.3 is 9.64 Å². The van der Waals surface area contributed by atoms with E-state index in [1.165, 1.54) is 6.07 Å². The van der Waals surface area contributed by atoms with Crippen LogP contribution >= 0.6 is 23.2 Å². The van der Waals surface area contributed by atoms with E-state index in [1.807, 2.05) is 23.1 Å². The SMILES string of the molecule is O=C(c1cccc(COc2ccc(F)cc2F)c1)N1CCN(Cc2c(Cl)cccc2Cl)CC1. The third kappa shape index (κ3) is 5.82. The summed E-state index contributed by atoms with van der Waals surface area (Å²) in [6.45, 7) is 3.29. The fourth-order valence-electron chi connectivity index (χ4n) is 3.75. The van der Waals surface area contributed by atoms with Crippen LogP contribution in [-0.2, 0) is 13.2 Å². The van der Waals surface area contributed by atoms with Gasteiger partial charge in [-0.1, -0.05) is 41.4 Å². The highest BCUT2D eigenvalue weighted by atomic mass is 35.5. The Morgan fingerprint density at radius 2 is 1.61 bits per heavy atom. The van der Waals surface area contributed by atoms with Crippen LogP contribution in [0.4, 0.5) is 8.78 Å². The first-order valence-corrected chi connectivity index (χ1v) is 11.3. The number of carbonyl (C=O) groups excluding carboxylic acids is 1. The molecule has 33 heavy (non-hydrogen) atoms. The smallest absolute Gasteiger partial charge is 0.253 e. The zero-order chi connectivity index (χ0) is 23.4. The molecule has 0 radical (unpaired) electrons. The summed E-state index contributed by atoms with van der Waals surface area (Å²) in [5.41, 5.74) is 2.15. The average molecular weight is 491 g/mol. The van der Waals surface area contributed by atoms with Gasteiger partial charge in [-0.15, -0.1) is 0 Å². The Morgan fingerprint density at radius 3 is 2.30 bits per heavy atom. The maximum atomic E-state index is 13.8. The van der Waals surface area contributed by atoms with Crippen molar-refractivity contribution in [3.8, 4) is 5.75 Å². The number of carbonyl (C=O) groups is 1. The van der Waals surface area contributed by atoms with Crippen molar-refractivity contribution in [2.75, 3.05) is 26.2 Å². The Labute approximate surface area is 201 Å². The molecule has 0 bridgehead atoms. The van der Waals surface area contributed by atoms with Gasteiger partial charge in [0.15, 0.2) is 11.6 Å². The lowest BCUT2D eigenvalue weighted by atomic mass is 10.1. The van der Waals surface area contributed by atoms with E-state index in [1.54, 1.807) is 24.3 Å². The summed E-state index contributed by atoms with van der Waals surface area (Å²) in [6.07, 6.45) is 0. The number of halogens is 4. The summed E-state index contributed by atoms with van der Waals surface area (Å²) < 4.78 is 32.3. The number of hydrogen-bond acceptors (Lipinski definition) is 3. The summed E-state index contributed by atoms with van der Waals surface area (Å²) in [7, 11) is 0. The molecule has 172 valence electrons. The van der Waals surface area contributed by atoms with Crippen LogP contribution in [0.15, 0.2) is 60.7 Å². The Morgan fingerprint density at radius 1 is 0.909 bits per heavy atom. The van der Waals surface area contributed by atoms with Gasteiger partial charge in [0.25, 0.3) is 5.91 Å². The molecule has 4 nitrogen and oxygen atoms in total. The van der Waals surface area contributed by atoms with Crippen molar-refractivity contribution in [1.29, 1.82) is 0 Å². The number of amides is 1. The monoisotopic (exact) mass is 490 g/mol. The van der Waals surface area contributed by atoms with Crippen molar-refractivity contribution in [1.82, 2.24) is 9.80 Å². The molecular formula is C25H22Cl2F2N2O2. The van der Waals surface area contributed by atoms with Crippen molar-refractivity contribution in [3.05, 3.63) is 99.0 Å². The molecule has 0 spiro atoms. The lowest BCUT2D eigenvalue weighted by Gasteiger charge is -2.35. The second-order valence-electron chi connectivity index (χ2n) is 7.83. The quantitative estimate of drug-likeness (QED) is 0.437. The third-order valence-electron chi connectivity index (χ3n) is 5.57. The number of rotatable bonds is 6. The maximum absolute atomic E-state index is 13.8. The standard InChI is InChI=1S/C25H22Cl2F2N2O2/c26-21-5-2-6-22(27)20(21)15-30-9-11-31(12-10-30)25(32)18-4-1-3-17(13-18)16-33-24-8-7-19(28)14-23(24)29/h1-8,13-14H,9-12,15-16H2. The number of hydrogen-bond donors (Lipinski definition) is 0. The number of benzene rings is 3. The van der Waals surface area contributed by atoms with E-state index in [0.717, 1.165) is 23.3 Å². The van der Waals surface area contributed by atoms with Crippen LogP contribution in [0, 0.1) is 11.6 Å². The number of ether oxygens (including phenoxy) is 1. The van der Waals surface area contributed by atoms with E-state index in [9.17, 15) is 13.6 Å². The van der Waals surface area contributed by atoms with E-state index in [-0.39, 0.29) is 18.3 Å². The molecule has 1 saturated heterocycles. The number of piperazine rings is 1. The highest BCUT2D eigenvalue weighted by Crippen LogP contribution is 2.26. The molecule has 3 aromatic carbocycles. The fraction of sp³-hybridized carbons (Fsp3) is 0.240. The largest absolute Gasteiger partial charge is 0.486 e. The van der Waals surface area contributed by atoms with Gasteiger partial charge in [-0.3, -0.25) is 9.69 Å². The molecule has 0 aromatic heterocycles. The highest BCUT2D eigenvalue weighted by molar-refractivity contribution is 6.35. The molecule has 1 aliphatic rings. The lowest BCUT2D eigenvalue weighted by molar-refractivity contribution is 0.0628. The molecule has 4 rings (SSSR count). The maximum Gasteiger partial charge on any atom is 0.253 e. The van der Waals surface area contributed by atoms with E-state index in [4.69, 9.17) is 27.9 Å². The van der Waals surface area contributed by atoms with Crippen LogP contribution < -0.4 is 4.74 Å². The van der Waals surface area contributed by atoms with Gasteiger partial charge >= 0.3 is 0 Å². The predicted octanol–water partition coefficient (Wildman–Crippen LogP) is 5.81. The topological polar surface area (TPSA) is 32.8 Å². The molecule has 8 heteroatoms. The minimum Gasteiger partial charge on any atom is -0.486 e. The molecule has 0 unspecified atom stereocenters. The van der Waals surface area contributed by atoms with Crippen LogP contribution in [0.1, 0.15) is 21.5 Å². The second-order valence-corrected chi connectivity index (χ2v) is 8.65. The zero-order valence-corrected chi connectivity index (χ0v) is 19.3. The Balaban J connectivity index is 1.34. The zero-order valence-electron chi connectivity index (χ0n) is 17.7. The van der Waals surface area contributed by atoms with Crippen LogP contribution in [0.3, 0.4) is 0 Å². The van der Waals surface area contributed by atoms with Gasteiger partial charge in [0.2, 0.25) is 0 Å². The first-order valence-electron chi connectivity index (χ1n) is 10.5. The Hall–Kier alpha value is -2.67. The van der Waals surface area contributed by atoms with Crippen molar-refractivity contribution in [2.45, 2.75) is 13.2 Å². The lowest BCUT2D eigenvalue weighted by Crippen LogP contribution is -2.48.